The van der Waals surface area contributed by atoms with Crippen molar-refractivity contribution in [2.75, 3.05) is 26.8 Å². The first-order valence-corrected chi connectivity index (χ1v) is 7.53. The summed E-state index contributed by atoms with van der Waals surface area (Å²) in [6.07, 6.45) is 2.21. The van der Waals surface area contributed by atoms with Crippen LogP contribution in [0.1, 0.15) is 40.0 Å². The molecule has 1 rings (SSSR count). The lowest BCUT2D eigenvalue weighted by Gasteiger charge is -2.36. The maximum atomic E-state index is 12.3. The fourth-order valence-corrected chi connectivity index (χ4v) is 2.50. The van der Waals surface area contributed by atoms with E-state index in [0.717, 1.165) is 12.8 Å². The molecule has 2 atom stereocenters. The molecule has 0 aromatic heterocycles. The van der Waals surface area contributed by atoms with Crippen LogP contribution in [0.2, 0.25) is 0 Å². The van der Waals surface area contributed by atoms with Crippen molar-refractivity contribution in [1.82, 2.24) is 10.2 Å². The van der Waals surface area contributed by atoms with Gasteiger partial charge in [-0.3, -0.25) is 0 Å². The van der Waals surface area contributed by atoms with Crippen molar-refractivity contribution in [3.8, 4) is 0 Å². The zero-order valence-corrected chi connectivity index (χ0v) is 13.5. The predicted octanol–water partition coefficient (Wildman–Crippen LogP) is 1.94. The number of urea groups is 1. The molecule has 21 heavy (non-hydrogen) atoms. The van der Waals surface area contributed by atoms with E-state index in [1.165, 1.54) is 4.90 Å². The molecule has 1 aliphatic heterocycles. The number of methoxy groups -OCH3 is 1. The molecule has 0 aliphatic carbocycles. The predicted molar refractivity (Wildman–Crippen MR) is 80.2 cm³/mol. The number of nitrogens with one attached hydrogen (secondary N) is 1. The number of hydrogen-bond acceptors (Lipinski definition) is 3. The molecule has 2 amide bonds. The van der Waals surface area contributed by atoms with E-state index in [4.69, 9.17) is 4.74 Å². The standard InChI is InChI=1S/C15H28N2O4/c1-11-5-7-17(12(9-11)13(18)19)14(20)16-10-15(2,3)6-8-21-4/h11-12H,5-10H2,1-4H3,(H,16,20)(H,18,19). The van der Waals surface area contributed by atoms with Crippen LogP contribution >= 0.6 is 0 Å². The highest BCUT2D eigenvalue weighted by Crippen LogP contribution is 2.23. The Hall–Kier alpha value is -1.30. The number of likely N-dealkylation sites (tertiary alicyclic amines) is 1. The van der Waals surface area contributed by atoms with Gasteiger partial charge in [-0.2, -0.15) is 0 Å². The molecule has 0 aromatic carbocycles. The average Bonchev–Trinajstić information content (AvgIpc) is 2.42. The van der Waals surface area contributed by atoms with Crippen LogP contribution in [0.5, 0.6) is 0 Å². The van der Waals surface area contributed by atoms with E-state index in [-0.39, 0.29) is 11.4 Å². The molecular formula is C15H28N2O4. The number of rotatable bonds is 6. The molecule has 2 unspecified atom stereocenters. The van der Waals surface area contributed by atoms with Crippen molar-refractivity contribution in [2.24, 2.45) is 11.3 Å². The first kappa shape index (κ1) is 17.8. The van der Waals surface area contributed by atoms with Gasteiger partial charge >= 0.3 is 12.0 Å². The van der Waals surface area contributed by atoms with E-state index >= 15 is 0 Å². The summed E-state index contributed by atoms with van der Waals surface area (Å²) in [4.78, 5) is 25.0. The second-order valence-corrected chi connectivity index (χ2v) is 6.74. The van der Waals surface area contributed by atoms with Crippen molar-refractivity contribution in [3.05, 3.63) is 0 Å². The fraction of sp³-hybridized carbons (Fsp3) is 0.867. The second-order valence-electron chi connectivity index (χ2n) is 6.74. The van der Waals surface area contributed by atoms with Crippen LogP contribution in [0.3, 0.4) is 0 Å². The van der Waals surface area contributed by atoms with Crippen LogP contribution in [-0.4, -0.2) is 54.9 Å². The van der Waals surface area contributed by atoms with Gasteiger partial charge in [0.05, 0.1) is 0 Å². The van der Waals surface area contributed by atoms with Crippen molar-refractivity contribution < 1.29 is 19.4 Å². The van der Waals surface area contributed by atoms with E-state index in [9.17, 15) is 14.7 Å². The lowest BCUT2D eigenvalue weighted by Crippen LogP contribution is -2.54. The Labute approximate surface area is 126 Å². The Morgan fingerprint density at radius 3 is 2.67 bits per heavy atom. The van der Waals surface area contributed by atoms with Crippen molar-refractivity contribution >= 4 is 12.0 Å². The van der Waals surface area contributed by atoms with Gasteiger partial charge in [0.1, 0.15) is 6.04 Å². The Kier molecular flexibility index (Phi) is 6.45. The van der Waals surface area contributed by atoms with Gasteiger partial charge in [-0.1, -0.05) is 20.8 Å². The molecule has 0 aromatic rings. The van der Waals surface area contributed by atoms with Crippen molar-refractivity contribution in [2.45, 2.75) is 46.1 Å². The summed E-state index contributed by atoms with van der Waals surface area (Å²) < 4.78 is 5.06. The number of carboxylic acids is 1. The number of carbonyl (C=O) groups excluding carboxylic acids is 1. The first-order valence-electron chi connectivity index (χ1n) is 7.53. The van der Waals surface area contributed by atoms with Crippen LogP contribution in [-0.2, 0) is 9.53 Å². The molecule has 0 saturated carbocycles. The minimum atomic E-state index is -0.921. The lowest BCUT2D eigenvalue weighted by molar-refractivity contribution is -0.143. The third kappa shape index (κ3) is 5.53. The largest absolute Gasteiger partial charge is 0.480 e. The van der Waals surface area contributed by atoms with Gasteiger partial charge in [0, 0.05) is 26.8 Å². The fourth-order valence-electron chi connectivity index (χ4n) is 2.50. The van der Waals surface area contributed by atoms with Crippen LogP contribution in [0.4, 0.5) is 4.79 Å². The molecular weight excluding hydrogens is 272 g/mol. The number of nitrogens with zero attached hydrogens (tertiary/aromatic N) is 1. The highest BCUT2D eigenvalue weighted by Gasteiger charge is 2.35. The molecule has 1 aliphatic rings. The summed E-state index contributed by atoms with van der Waals surface area (Å²) in [5.74, 6) is -0.580. The third-order valence-corrected chi connectivity index (χ3v) is 4.11. The highest BCUT2D eigenvalue weighted by atomic mass is 16.5. The Balaban J connectivity index is 2.55. The maximum absolute atomic E-state index is 12.3. The van der Waals surface area contributed by atoms with Crippen molar-refractivity contribution in [1.29, 1.82) is 0 Å². The summed E-state index contributed by atoms with van der Waals surface area (Å²) in [5.41, 5.74) is -0.0759. The van der Waals surface area contributed by atoms with Crippen LogP contribution in [0.15, 0.2) is 0 Å². The summed E-state index contributed by atoms with van der Waals surface area (Å²) in [5, 5.41) is 12.2. The number of hydrogen-bond donors (Lipinski definition) is 2. The zero-order chi connectivity index (χ0) is 16.0. The molecule has 1 fully saturated rings. The second kappa shape index (κ2) is 7.64. The highest BCUT2D eigenvalue weighted by molar-refractivity contribution is 5.82. The summed E-state index contributed by atoms with van der Waals surface area (Å²) >= 11 is 0. The van der Waals surface area contributed by atoms with E-state index in [2.05, 4.69) is 19.2 Å². The van der Waals surface area contributed by atoms with Gasteiger partial charge in [0.15, 0.2) is 0 Å². The molecule has 6 heteroatoms. The van der Waals surface area contributed by atoms with Gasteiger partial charge in [-0.25, -0.2) is 9.59 Å². The van der Waals surface area contributed by atoms with E-state index in [1.807, 2.05) is 6.92 Å². The first-order chi connectivity index (χ1) is 9.76. The average molecular weight is 300 g/mol. The van der Waals surface area contributed by atoms with E-state index < -0.39 is 12.0 Å². The normalized spacial score (nSPS) is 23.0. The molecule has 1 saturated heterocycles. The maximum Gasteiger partial charge on any atom is 0.326 e. The molecule has 0 radical (unpaired) electrons. The van der Waals surface area contributed by atoms with Crippen molar-refractivity contribution in [3.63, 3.8) is 0 Å². The van der Waals surface area contributed by atoms with Crippen LogP contribution < -0.4 is 5.32 Å². The van der Waals surface area contributed by atoms with Gasteiger partial charge in [0.2, 0.25) is 0 Å². The number of carbonyl (C=O) groups is 2. The molecule has 0 spiro atoms. The lowest BCUT2D eigenvalue weighted by atomic mass is 9.89. The van der Waals surface area contributed by atoms with Gasteiger partial charge in [0.25, 0.3) is 0 Å². The monoisotopic (exact) mass is 300 g/mol. The minimum Gasteiger partial charge on any atom is -0.480 e. The molecule has 1 heterocycles. The number of ether oxygens (including phenoxy) is 1. The molecule has 6 nitrogen and oxygen atoms in total. The van der Waals surface area contributed by atoms with Gasteiger partial charge < -0.3 is 20.1 Å². The third-order valence-electron chi connectivity index (χ3n) is 4.11. The Morgan fingerprint density at radius 2 is 2.10 bits per heavy atom. The summed E-state index contributed by atoms with van der Waals surface area (Å²) in [6.45, 7) is 7.79. The molecule has 122 valence electrons. The van der Waals surface area contributed by atoms with Crippen LogP contribution in [0, 0.1) is 11.3 Å². The zero-order valence-electron chi connectivity index (χ0n) is 13.5. The Morgan fingerprint density at radius 1 is 1.43 bits per heavy atom. The minimum absolute atomic E-state index is 0.0759. The van der Waals surface area contributed by atoms with E-state index in [0.29, 0.717) is 32.0 Å². The van der Waals surface area contributed by atoms with E-state index in [1.54, 1.807) is 7.11 Å². The topological polar surface area (TPSA) is 78.9 Å². The Bertz CT molecular complexity index is 371. The van der Waals surface area contributed by atoms with Gasteiger partial charge in [-0.15, -0.1) is 0 Å². The summed E-state index contributed by atoms with van der Waals surface area (Å²) in [6, 6.07) is -0.990. The number of aliphatic carboxylic acids is 1. The molecule has 2 N–H and O–H groups in total. The number of carboxylic acid groups (broad SMARTS) is 1. The number of amides is 2. The molecule has 0 bridgehead atoms. The SMILES string of the molecule is COCCC(C)(C)CNC(=O)N1CCC(C)CC1C(=O)O. The summed E-state index contributed by atoms with van der Waals surface area (Å²) in [7, 11) is 1.65. The smallest absolute Gasteiger partial charge is 0.326 e. The quantitative estimate of drug-likeness (QED) is 0.786. The number of piperidine rings is 1. The van der Waals surface area contributed by atoms with Crippen LogP contribution in [0.25, 0.3) is 0 Å². The van der Waals surface area contributed by atoms with Gasteiger partial charge in [-0.05, 0) is 30.6 Å².